The number of benzene rings is 1. The predicted octanol–water partition coefficient (Wildman–Crippen LogP) is 4.16. The molecular formula is C27H36FN7O4. The van der Waals surface area contributed by atoms with Gasteiger partial charge in [-0.3, -0.25) is 9.48 Å². The number of amides is 2. The van der Waals surface area contributed by atoms with E-state index in [0.29, 0.717) is 18.8 Å². The van der Waals surface area contributed by atoms with E-state index in [1.807, 2.05) is 29.8 Å². The first kappa shape index (κ1) is 28.1. The molecular weight excluding hydrogens is 505 g/mol. The van der Waals surface area contributed by atoms with Gasteiger partial charge in [-0.05, 0) is 70.7 Å². The third-order valence-electron chi connectivity index (χ3n) is 6.37. The summed E-state index contributed by atoms with van der Waals surface area (Å²) in [4.78, 5) is 28.9. The van der Waals surface area contributed by atoms with Gasteiger partial charge in [0.1, 0.15) is 11.4 Å². The predicted molar refractivity (Wildman–Crippen MR) is 147 cm³/mol. The van der Waals surface area contributed by atoms with E-state index in [-0.39, 0.29) is 35.2 Å². The Balaban J connectivity index is 1.57. The molecule has 0 unspecified atom stereocenters. The number of nitrogens with zero attached hydrogens (tertiary/aromatic N) is 3. The van der Waals surface area contributed by atoms with Crippen LogP contribution in [0.3, 0.4) is 0 Å². The SMILES string of the molecule is COCCn1ncc2cc(Nc3nc(N[C@H](C4CC4)[C@H](C)NC(=O)OC(C)(C)C)c(F)cc3C(N)=O)ccc21. The number of carbonyl (C=O) groups excluding carboxylic acids is 2. The lowest BCUT2D eigenvalue weighted by Gasteiger charge is -2.28. The number of primary amides is 1. The highest BCUT2D eigenvalue weighted by molar-refractivity contribution is 5.99. The summed E-state index contributed by atoms with van der Waals surface area (Å²) >= 11 is 0. The Hall–Kier alpha value is -3.93. The lowest BCUT2D eigenvalue weighted by molar-refractivity contribution is 0.0501. The summed E-state index contributed by atoms with van der Waals surface area (Å²) in [5, 5.41) is 14.3. The maximum atomic E-state index is 15.1. The van der Waals surface area contributed by atoms with Crippen molar-refractivity contribution < 1.29 is 23.5 Å². The number of anilines is 3. The highest BCUT2D eigenvalue weighted by Gasteiger charge is 2.37. The van der Waals surface area contributed by atoms with Crippen LogP contribution in [-0.4, -0.2) is 58.2 Å². The highest BCUT2D eigenvalue weighted by atomic mass is 19.1. The Labute approximate surface area is 226 Å². The summed E-state index contributed by atoms with van der Waals surface area (Å²) in [6.07, 6.45) is 3.04. The Morgan fingerprint density at radius 1 is 1.23 bits per heavy atom. The number of ether oxygens (including phenoxy) is 2. The van der Waals surface area contributed by atoms with E-state index < -0.39 is 23.4 Å². The van der Waals surface area contributed by atoms with Gasteiger partial charge in [0.15, 0.2) is 11.6 Å². The molecule has 1 aliphatic carbocycles. The molecule has 0 radical (unpaired) electrons. The molecule has 3 aromatic rings. The Kier molecular flexibility index (Phi) is 8.24. The van der Waals surface area contributed by atoms with Crippen molar-refractivity contribution in [2.75, 3.05) is 24.4 Å². The summed E-state index contributed by atoms with van der Waals surface area (Å²) in [7, 11) is 1.63. The number of methoxy groups -OCH3 is 1. The third kappa shape index (κ3) is 7.14. The number of nitrogens with two attached hydrogens (primary N) is 1. The fourth-order valence-electron chi connectivity index (χ4n) is 4.38. The van der Waals surface area contributed by atoms with Crippen LogP contribution in [0.25, 0.3) is 10.9 Å². The minimum atomic E-state index is -0.817. The van der Waals surface area contributed by atoms with E-state index in [2.05, 4.69) is 26.0 Å². The molecule has 210 valence electrons. The van der Waals surface area contributed by atoms with Crippen molar-refractivity contribution in [2.24, 2.45) is 11.7 Å². The summed E-state index contributed by atoms with van der Waals surface area (Å²) in [6, 6.07) is 5.95. The van der Waals surface area contributed by atoms with Crippen molar-refractivity contribution in [3.05, 3.63) is 41.8 Å². The lowest BCUT2D eigenvalue weighted by Crippen LogP contribution is -2.47. The van der Waals surface area contributed by atoms with Crippen LogP contribution in [0.15, 0.2) is 30.5 Å². The number of hydrogen-bond donors (Lipinski definition) is 4. The zero-order valence-corrected chi connectivity index (χ0v) is 22.9. The number of aromatic nitrogens is 3. The molecule has 1 aliphatic rings. The van der Waals surface area contributed by atoms with Gasteiger partial charge in [0.2, 0.25) is 0 Å². The first-order valence-corrected chi connectivity index (χ1v) is 12.9. The molecule has 2 aromatic heterocycles. The first-order valence-electron chi connectivity index (χ1n) is 12.9. The topological polar surface area (TPSA) is 145 Å². The number of halogens is 1. The standard InChI is InChI=1S/C27H36FN7O4/c1-15(31-26(37)39-27(2,3)4)22(16-6-7-16)33-25-20(28)13-19(23(29)36)24(34-25)32-18-8-9-21-17(12-18)14-30-35(21)10-11-38-5/h8-9,12-16,22H,6-7,10-11H2,1-5H3,(H2,29,36)(H,31,37)(H2,32,33,34)/t15-,22-/m0/s1. The van der Waals surface area contributed by atoms with Gasteiger partial charge < -0.3 is 31.2 Å². The van der Waals surface area contributed by atoms with Crippen molar-refractivity contribution in [2.45, 2.75) is 64.8 Å². The molecule has 5 N–H and O–H groups in total. The van der Waals surface area contributed by atoms with Gasteiger partial charge in [0, 0.05) is 24.2 Å². The van der Waals surface area contributed by atoms with E-state index in [9.17, 15) is 9.59 Å². The normalized spacial score (nSPS) is 15.0. The van der Waals surface area contributed by atoms with Crippen LogP contribution in [0.4, 0.5) is 26.5 Å². The fourth-order valence-corrected chi connectivity index (χ4v) is 4.38. The fraction of sp³-hybridized carbons (Fsp3) is 0.481. The molecule has 0 bridgehead atoms. The van der Waals surface area contributed by atoms with Crippen LogP contribution in [0.5, 0.6) is 0 Å². The zero-order chi connectivity index (χ0) is 28.3. The number of rotatable bonds is 11. The average Bonchev–Trinajstić information content (AvgIpc) is 3.61. The Morgan fingerprint density at radius 3 is 2.62 bits per heavy atom. The number of hydrogen-bond acceptors (Lipinski definition) is 8. The monoisotopic (exact) mass is 541 g/mol. The van der Waals surface area contributed by atoms with E-state index in [1.54, 1.807) is 34.1 Å². The number of fused-ring (bicyclic) bond motifs is 1. The van der Waals surface area contributed by atoms with Gasteiger partial charge in [-0.1, -0.05) is 0 Å². The van der Waals surface area contributed by atoms with Crippen LogP contribution in [0, 0.1) is 11.7 Å². The molecule has 0 spiro atoms. The summed E-state index contributed by atoms with van der Waals surface area (Å²) in [6.45, 7) is 8.32. The highest BCUT2D eigenvalue weighted by Crippen LogP contribution is 2.36. The summed E-state index contributed by atoms with van der Waals surface area (Å²) in [5.74, 6) is -1.26. The third-order valence-corrected chi connectivity index (χ3v) is 6.37. The molecule has 1 saturated carbocycles. The van der Waals surface area contributed by atoms with E-state index in [0.717, 1.165) is 29.8 Å². The van der Waals surface area contributed by atoms with Crippen LogP contribution >= 0.6 is 0 Å². The molecule has 0 saturated heterocycles. The molecule has 4 rings (SSSR count). The molecule has 11 nitrogen and oxygen atoms in total. The molecule has 1 fully saturated rings. The second-order valence-corrected chi connectivity index (χ2v) is 10.8. The van der Waals surface area contributed by atoms with E-state index in [1.165, 1.54) is 0 Å². The first-order chi connectivity index (χ1) is 18.4. The molecule has 2 amide bonds. The van der Waals surface area contributed by atoms with Crippen LogP contribution in [0.2, 0.25) is 0 Å². The van der Waals surface area contributed by atoms with E-state index >= 15 is 4.39 Å². The zero-order valence-electron chi connectivity index (χ0n) is 22.9. The van der Waals surface area contributed by atoms with Crippen LogP contribution in [-0.2, 0) is 16.0 Å². The number of carbonyl (C=O) groups is 2. The quantitative estimate of drug-likeness (QED) is 0.283. The van der Waals surface area contributed by atoms with Gasteiger partial charge in [-0.25, -0.2) is 14.2 Å². The smallest absolute Gasteiger partial charge is 0.407 e. The maximum absolute atomic E-state index is 15.1. The van der Waals surface area contributed by atoms with Crippen molar-refractivity contribution in [1.29, 1.82) is 0 Å². The Morgan fingerprint density at radius 2 is 1.97 bits per heavy atom. The summed E-state index contributed by atoms with van der Waals surface area (Å²) < 4.78 is 27.5. The van der Waals surface area contributed by atoms with Gasteiger partial charge in [0.25, 0.3) is 5.91 Å². The van der Waals surface area contributed by atoms with Gasteiger partial charge in [0.05, 0.1) is 36.5 Å². The van der Waals surface area contributed by atoms with Crippen molar-refractivity contribution >= 4 is 40.2 Å². The van der Waals surface area contributed by atoms with Crippen molar-refractivity contribution in [3.63, 3.8) is 0 Å². The second kappa shape index (κ2) is 11.4. The van der Waals surface area contributed by atoms with Crippen LogP contribution in [0.1, 0.15) is 50.9 Å². The molecule has 0 aliphatic heterocycles. The van der Waals surface area contributed by atoms with Gasteiger partial charge in [-0.2, -0.15) is 5.10 Å². The number of pyridine rings is 1. The molecule has 39 heavy (non-hydrogen) atoms. The number of alkyl carbamates (subject to hydrolysis) is 1. The van der Waals surface area contributed by atoms with E-state index in [4.69, 9.17) is 15.2 Å². The van der Waals surface area contributed by atoms with Crippen molar-refractivity contribution in [3.8, 4) is 0 Å². The molecule has 1 aromatic carbocycles. The van der Waals surface area contributed by atoms with Crippen molar-refractivity contribution in [1.82, 2.24) is 20.1 Å². The molecule has 2 heterocycles. The lowest BCUT2D eigenvalue weighted by atomic mass is 10.0. The average molecular weight is 542 g/mol. The van der Waals surface area contributed by atoms with Gasteiger partial charge in [-0.15, -0.1) is 0 Å². The Bertz CT molecular complexity index is 1350. The largest absolute Gasteiger partial charge is 0.444 e. The number of nitrogens with one attached hydrogen (secondary N) is 3. The minimum Gasteiger partial charge on any atom is -0.444 e. The second-order valence-electron chi connectivity index (χ2n) is 10.8. The summed E-state index contributed by atoms with van der Waals surface area (Å²) in [5.41, 5.74) is 6.36. The molecule has 12 heteroatoms. The maximum Gasteiger partial charge on any atom is 0.407 e. The van der Waals surface area contributed by atoms with Crippen LogP contribution < -0.4 is 21.7 Å². The minimum absolute atomic E-state index is 0.0503. The molecule has 2 atom stereocenters. The van der Waals surface area contributed by atoms with Gasteiger partial charge >= 0.3 is 6.09 Å².